The summed E-state index contributed by atoms with van der Waals surface area (Å²) in [4.78, 5) is 21.5. The summed E-state index contributed by atoms with van der Waals surface area (Å²) in [5.74, 6) is -0.870. The molecule has 0 aliphatic heterocycles. The van der Waals surface area contributed by atoms with Crippen LogP contribution in [0, 0.1) is 16.7 Å². The number of rotatable bonds is 6. The Morgan fingerprint density at radius 2 is 1.71 bits per heavy atom. The molecule has 5 heteroatoms. The molecule has 0 aromatic carbocycles. The molecule has 1 amide bonds. The first-order valence-corrected chi connectivity index (χ1v) is 5.76. The number of aliphatic carboxylic acids is 1. The van der Waals surface area contributed by atoms with Gasteiger partial charge in [-0.3, -0.25) is 4.79 Å². The van der Waals surface area contributed by atoms with E-state index in [-0.39, 0.29) is 23.3 Å². The molecule has 0 radical (unpaired) electrons. The summed E-state index contributed by atoms with van der Waals surface area (Å²) in [5.41, 5.74) is 0.477. The van der Waals surface area contributed by atoms with Crippen LogP contribution in [-0.2, 0) is 14.3 Å². The monoisotopic (exact) mass is 243 g/mol. The molecule has 1 rings (SSSR count). The van der Waals surface area contributed by atoms with E-state index in [2.05, 4.69) is 33.0 Å². The Bertz CT molecular complexity index is 308. The van der Waals surface area contributed by atoms with Crippen LogP contribution in [0.5, 0.6) is 0 Å². The highest BCUT2D eigenvalue weighted by Gasteiger charge is 2.64. The van der Waals surface area contributed by atoms with Crippen molar-refractivity contribution in [3.63, 3.8) is 0 Å². The molecule has 98 valence electrons. The van der Waals surface area contributed by atoms with Gasteiger partial charge in [-0.25, -0.2) is 4.79 Å². The zero-order valence-corrected chi connectivity index (χ0v) is 10.9. The van der Waals surface area contributed by atoms with E-state index < -0.39 is 12.6 Å². The molecule has 5 nitrogen and oxygen atoms in total. The molecule has 2 N–H and O–H groups in total. The van der Waals surface area contributed by atoms with Gasteiger partial charge >= 0.3 is 5.97 Å². The SMILES string of the molecule is CC1(C)C(CNC(=O)COCC(=O)O)C1(C)C. The van der Waals surface area contributed by atoms with E-state index in [1.807, 2.05) is 0 Å². The van der Waals surface area contributed by atoms with E-state index in [9.17, 15) is 9.59 Å². The molecule has 0 heterocycles. The second-order valence-corrected chi connectivity index (χ2v) is 5.69. The molecular weight excluding hydrogens is 222 g/mol. The molecular formula is C12H21NO4. The van der Waals surface area contributed by atoms with Gasteiger partial charge in [0.15, 0.2) is 0 Å². The van der Waals surface area contributed by atoms with Gasteiger partial charge in [0.1, 0.15) is 13.2 Å². The van der Waals surface area contributed by atoms with Gasteiger partial charge in [0.2, 0.25) is 5.91 Å². The minimum absolute atomic E-state index is 0.195. The number of nitrogens with one attached hydrogen (secondary N) is 1. The van der Waals surface area contributed by atoms with Crippen molar-refractivity contribution in [1.82, 2.24) is 5.32 Å². The lowest BCUT2D eigenvalue weighted by molar-refractivity contribution is -0.143. The summed E-state index contributed by atoms with van der Waals surface area (Å²) in [7, 11) is 0. The molecule has 0 saturated heterocycles. The maximum absolute atomic E-state index is 11.3. The molecule has 0 aromatic heterocycles. The Morgan fingerprint density at radius 3 is 2.12 bits per heavy atom. The molecule has 17 heavy (non-hydrogen) atoms. The van der Waals surface area contributed by atoms with E-state index in [1.54, 1.807) is 0 Å². The molecule has 1 aliphatic carbocycles. The topological polar surface area (TPSA) is 75.6 Å². The maximum Gasteiger partial charge on any atom is 0.329 e. The molecule has 0 atom stereocenters. The predicted molar refractivity (Wildman–Crippen MR) is 62.5 cm³/mol. The summed E-state index contributed by atoms with van der Waals surface area (Å²) < 4.78 is 4.70. The lowest BCUT2D eigenvalue weighted by Gasteiger charge is -2.06. The van der Waals surface area contributed by atoms with E-state index in [1.165, 1.54) is 0 Å². The fourth-order valence-corrected chi connectivity index (χ4v) is 2.34. The Labute approximate surface area is 102 Å². The highest BCUT2D eigenvalue weighted by atomic mass is 16.5. The van der Waals surface area contributed by atoms with Crippen molar-refractivity contribution in [2.75, 3.05) is 19.8 Å². The van der Waals surface area contributed by atoms with Crippen molar-refractivity contribution in [3.05, 3.63) is 0 Å². The number of ether oxygens (including phenoxy) is 1. The Balaban J connectivity index is 2.20. The van der Waals surface area contributed by atoms with Crippen LogP contribution in [0.4, 0.5) is 0 Å². The third-order valence-corrected chi connectivity index (χ3v) is 4.28. The minimum atomic E-state index is -1.07. The molecule has 0 bridgehead atoms. The van der Waals surface area contributed by atoms with Gasteiger partial charge in [0.05, 0.1) is 0 Å². The minimum Gasteiger partial charge on any atom is -0.480 e. The van der Waals surface area contributed by atoms with Gasteiger partial charge in [0, 0.05) is 6.54 Å². The van der Waals surface area contributed by atoms with Gasteiger partial charge in [-0.05, 0) is 16.7 Å². The molecule has 1 saturated carbocycles. The van der Waals surface area contributed by atoms with Gasteiger partial charge < -0.3 is 15.2 Å². The van der Waals surface area contributed by atoms with Crippen molar-refractivity contribution in [3.8, 4) is 0 Å². The first-order valence-electron chi connectivity index (χ1n) is 5.76. The van der Waals surface area contributed by atoms with Crippen molar-refractivity contribution < 1.29 is 19.4 Å². The first-order chi connectivity index (χ1) is 7.69. The molecule has 0 unspecified atom stereocenters. The van der Waals surface area contributed by atoms with Gasteiger partial charge in [0.25, 0.3) is 0 Å². The highest BCUT2D eigenvalue weighted by molar-refractivity contribution is 5.77. The van der Waals surface area contributed by atoms with Crippen molar-refractivity contribution in [2.24, 2.45) is 16.7 Å². The second kappa shape index (κ2) is 4.64. The summed E-state index contributed by atoms with van der Waals surface area (Å²) in [6, 6.07) is 0. The normalized spacial score (nSPS) is 20.9. The fraction of sp³-hybridized carbons (Fsp3) is 0.833. The van der Waals surface area contributed by atoms with Crippen LogP contribution in [-0.4, -0.2) is 36.7 Å². The van der Waals surface area contributed by atoms with E-state index >= 15 is 0 Å². The highest BCUT2D eigenvalue weighted by Crippen LogP contribution is 2.67. The number of hydrogen-bond donors (Lipinski definition) is 2. The Morgan fingerprint density at radius 1 is 1.18 bits per heavy atom. The second-order valence-electron chi connectivity index (χ2n) is 5.69. The fourth-order valence-electron chi connectivity index (χ4n) is 2.34. The van der Waals surface area contributed by atoms with Crippen molar-refractivity contribution in [2.45, 2.75) is 27.7 Å². The lowest BCUT2D eigenvalue weighted by Crippen LogP contribution is -2.31. The van der Waals surface area contributed by atoms with Crippen LogP contribution in [0.2, 0.25) is 0 Å². The zero-order chi connectivity index (χ0) is 13.3. The summed E-state index contributed by atoms with van der Waals surface area (Å²) in [6.45, 7) is 8.73. The largest absolute Gasteiger partial charge is 0.480 e. The van der Waals surface area contributed by atoms with E-state index in [0.29, 0.717) is 12.5 Å². The third kappa shape index (κ3) is 2.97. The summed E-state index contributed by atoms with van der Waals surface area (Å²) in [5, 5.41) is 11.1. The van der Waals surface area contributed by atoms with E-state index in [4.69, 9.17) is 9.84 Å². The molecule has 0 spiro atoms. The molecule has 0 aromatic rings. The van der Waals surface area contributed by atoms with Crippen molar-refractivity contribution >= 4 is 11.9 Å². The van der Waals surface area contributed by atoms with Crippen LogP contribution >= 0.6 is 0 Å². The van der Waals surface area contributed by atoms with Gasteiger partial charge in [-0.2, -0.15) is 0 Å². The average Bonchev–Trinajstić information content (AvgIpc) is 2.54. The number of carboxylic acids is 1. The maximum atomic E-state index is 11.3. The smallest absolute Gasteiger partial charge is 0.329 e. The van der Waals surface area contributed by atoms with Crippen molar-refractivity contribution in [1.29, 1.82) is 0 Å². The number of carboxylic acid groups (broad SMARTS) is 1. The van der Waals surface area contributed by atoms with Gasteiger partial charge in [-0.15, -0.1) is 0 Å². The average molecular weight is 243 g/mol. The van der Waals surface area contributed by atoms with Crippen LogP contribution in [0.1, 0.15) is 27.7 Å². The third-order valence-electron chi connectivity index (χ3n) is 4.28. The number of amides is 1. The number of carbonyl (C=O) groups excluding carboxylic acids is 1. The van der Waals surface area contributed by atoms with Crippen LogP contribution < -0.4 is 5.32 Å². The quantitative estimate of drug-likeness (QED) is 0.726. The van der Waals surface area contributed by atoms with Crippen LogP contribution in [0.3, 0.4) is 0 Å². The summed E-state index contributed by atoms with van der Waals surface area (Å²) >= 11 is 0. The zero-order valence-electron chi connectivity index (χ0n) is 10.9. The van der Waals surface area contributed by atoms with E-state index in [0.717, 1.165) is 0 Å². The van der Waals surface area contributed by atoms with Crippen LogP contribution in [0.25, 0.3) is 0 Å². The predicted octanol–water partition coefficient (Wildman–Crippen LogP) is 0.886. The number of hydrogen-bond acceptors (Lipinski definition) is 3. The standard InChI is InChI=1S/C12H21NO4/c1-11(2)8(12(11,3)4)5-13-9(14)6-17-7-10(15)16/h8H,5-7H2,1-4H3,(H,13,14)(H,15,16). The Kier molecular flexibility index (Phi) is 3.81. The molecule has 1 aliphatic rings. The number of carbonyl (C=O) groups is 2. The Hall–Kier alpha value is -1.10. The summed E-state index contributed by atoms with van der Waals surface area (Å²) in [6.07, 6.45) is 0. The molecule has 1 fully saturated rings. The lowest BCUT2D eigenvalue weighted by atomic mass is 10.0. The van der Waals surface area contributed by atoms with Gasteiger partial charge in [-0.1, -0.05) is 27.7 Å². The van der Waals surface area contributed by atoms with Crippen LogP contribution in [0.15, 0.2) is 0 Å². The first kappa shape index (κ1) is 14.0.